The number of carboxylic acids is 1. The molecule has 1 atom stereocenters. The van der Waals surface area contributed by atoms with Crippen molar-refractivity contribution in [3.63, 3.8) is 0 Å². The molecule has 4 heteroatoms. The maximum Gasteiger partial charge on any atom is 0.314 e. The van der Waals surface area contributed by atoms with Crippen LogP contribution in [0.25, 0.3) is 0 Å². The third-order valence-electron chi connectivity index (χ3n) is 3.98. The molecule has 1 unspecified atom stereocenters. The topological polar surface area (TPSA) is 46.5 Å². The monoisotopic (exact) mass is 288 g/mol. The lowest BCUT2D eigenvalue weighted by Crippen LogP contribution is -2.41. The van der Waals surface area contributed by atoms with Crippen LogP contribution in [0, 0.1) is 0 Å². The van der Waals surface area contributed by atoms with Gasteiger partial charge in [-0.2, -0.15) is 0 Å². The third-order valence-corrected chi connectivity index (χ3v) is 4.91. The smallest absolute Gasteiger partial charge is 0.314 e. The van der Waals surface area contributed by atoms with E-state index < -0.39 is 11.4 Å². The molecule has 2 heterocycles. The van der Waals surface area contributed by atoms with E-state index >= 15 is 0 Å². The van der Waals surface area contributed by atoms with Crippen LogP contribution in [0.1, 0.15) is 23.3 Å². The Hall–Kier alpha value is -1.81. The van der Waals surface area contributed by atoms with Crippen molar-refractivity contribution < 1.29 is 14.6 Å². The highest BCUT2D eigenvalue weighted by Gasteiger charge is 2.44. The molecular weight excluding hydrogens is 272 g/mol. The number of para-hydroxylation sites is 1. The summed E-state index contributed by atoms with van der Waals surface area (Å²) in [6.45, 7) is 0.466. The van der Waals surface area contributed by atoms with Crippen LogP contribution in [0.15, 0.2) is 41.8 Å². The Morgan fingerprint density at radius 3 is 2.90 bits per heavy atom. The van der Waals surface area contributed by atoms with Gasteiger partial charge in [0, 0.05) is 16.9 Å². The van der Waals surface area contributed by atoms with Crippen LogP contribution < -0.4 is 4.74 Å². The van der Waals surface area contributed by atoms with E-state index in [2.05, 4.69) is 6.07 Å². The van der Waals surface area contributed by atoms with E-state index in [-0.39, 0.29) is 0 Å². The van der Waals surface area contributed by atoms with Gasteiger partial charge < -0.3 is 9.84 Å². The number of aliphatic carboxylic acids is 1. The molecule has 0 fully saturated rings. The zero-order chi connectivity index (χ0) is 14.0. The average molecular weight is 288 g/mol. The van der Waals surface area contributed by atoms with Crippen molar-refractivity contribution in [1.29, 1.82) is 0 Å². The molecule has 2 aromatic rings. The Morgan fingerprint density at radius 1 is 1.30 bits per heavy atom. The second kappa shape index (κ2) is 5.29. The fourth-order valence-electron chi connectivity index (χ4n) is 2.84. The first-order chi connectivity index (χ1) is 9.72. The summed E-state index contributed by atoms with van der Waals surface area (Å²) in [7, 11) is 0. The number of thiophene rings is 1. The second-order valence-electron chi connectivity index (χ2n) is 5.06. The van der Waals surface area contributed by atoms with Crippen molar-refractivity contribution in [2.24, 2.45) is 0 Å². The molecule has 104 valence electrons. The lowest BCUT2D eigenvalue weighted by molar-refractivity contribution is -0.145. The van der Waals surface area contributed by atoms with E-state index in [4.69, 9.17) is 4.74 Å². The van der Waals surface area contributed by atoms with E-state index in [1.165, 1.54) is 4.88 Å². The molecular formula is C16H16O3S. The molecule has 0 bridgehead atoms. The molecule has 1 N–H and O–H groups in total. The molecule has 0 spiro atoms. The molecule has 0 radical (unpaired) electrons. The van der Waals surface area contributed by atoms with Crippen molar-refractivity contribution in [3.05, 3.63) is 52.2 Å². The van der Waals surface area contributed by atoms with Gasteiger partial charge >= 0.3 is 5.97 Å². The summed E-state index contributed by atoms with van der Waals surface area (Å²) in [6, 6.07) is 11.6. The largest absolute Gasteiger partial charge is 0.493 e. The van der Waals surface area contributed by atoms with Gasteiger partial charge in [0.05, 0.1) is 12.0 Å². The number of hydrogen-bond donors (Lipinski definition) is 1. The molecule has 0 aliphatic carbocycles. The molecule has 0 saturated carbocycles. The molecule has 3 rings (SSSR count). The van der Waals surface area contributed by atoms with Gasteiger partial charge in [-0.1, -0.05) is 24.3 Å². The van der Waals surface area contributed by atoms with Gasteiger partial charge in [-0.15, -0.1) is 11.3 Å². The zero-order valence-electron chi connectivity index (χ0n) is 11.0. The quantitative estimate of drug-likeness (QED) is 0.936. The fraction of sp³-hybridized carbons (Fsp3) is 0.312. The van der Waals surface area contributed by atoms with E-state index in [0.29, 0.717) is 25.2 Å². The lowest BCUT2D eigenvalue weighted by Gasteiger charge is -2.35. The van der Waals surface area contributed by atoms with Crippen LogP contribution in [0.2, 0.25) is 0 Å². The first kappa shape index (κ1) is 13.2. The van der Waals surface area contributed by atoms with Crippen molar-refractivity contribution in [2.75, 3.05) is 6.61 Å². The average Bonchev–Trinajstić information content (AvgIpc) is 2.98. The Labute approximate surface area is 121 Å². The van der Waals surface area contributed by atoms with E-state index in [1.807, 2.05) is 35.7 Å². The predicted molar refractivity (Wildman–Crippen MR) is 78.5 cm³/mol. The summed E-state index contributed by atoms with van der Waals surface area (Å²) in [5.41, 5.74) is -0.00550. The minimum absolute atomic E-state index is 0.466. The number of carbonyl (C=O) groups is 1. The van der Waals surface area contributed by atoms with E-state index in [9.17, 15) is 9.90 Å². The Morgan fingerprint density at radius 2 is 2.15 bits per heavy atom. The maximum atomic E-state index is 11.9. The van der Waals surface area contributed by atoms with E-state index in [0.717, 1.165) is 12.0 Å². The van der Waals surface area contributed by atoms with Crippen molar-refractivity contribution >= 4 is 17.3 Å². The Kier molecular flexibility index (Phi) is 3.49. The molecule has 1 aromatic carbocycles. The number of carboxylic acid groups (broad SMARTS) is 1. The van der Waals surface area contributed by atoms with E-state index in [1.54, 1.807) is 11.3 Å². The molecule has 0 amide bonds. The Bertz CT molecular complexity index is 606. The van der Waals surface area contributed by atoms with Crippen LogP contribution in [-0.2, 0) is 16.6 Å². The standard InChI is InChI=1S/C16H16O3S/c17-15(18)16(8-7-12-4-3-11-20-12)9-10-19-14-6-2-1-5-13(14)16/h1-6,11H,7-10H2,(H,17,18). The molecule has 1 aliphatic rings. The molecule has 1 aliphatic heterocycles. The van der Waals surface area contributed by atoms with Gasteiger partial charge in [0.15, 0.2) is 0 Å². The minimum Gasteiger partial charge on any atom is -0.493 e. The summed E-state index contributed by atoms with van der Waals surface area (Å²) in [5, 5.41) is 11.8. The van der Waals surface area contributed by atoms with Crippen molar-refractivity contribution in [3.8, 4) is 5.75 Å². The summed E-state index contributed by atoms with van der Waals surface area (Å²) in [5.74, 6) is -0.0304. The van der Waals surface area contributed by atoms with Gasteiger partial charge in [-0.05, 0) is 30.4 Å². The highest BCUT2D eigenvalue weighted by Crippen LogP contribution is 2.42. The molecule has 3 nitrogen and oxygen atoms in total. The number of rotatable bonds is 4. The van der Waals surface area contributed by atoms with Crippen molar-refractivity contribution in [2.45, 2.75) is 24.7 Å². The normalized spacial score (nSPS) is 21.0. The summed E-state index contributed by atoms with van der Waals surface area (Å²) in [4.78, 5) is 13.2. The van der Waals surface area contributed by atoms with Gasteiger partial charge in [0.1, 0.15) is 5.75 Å². The van der Waals surface area contributed by atoms with Crippen LogP contribution in [0.3, 0.4) is 0 Å². The zero-order valence-corrected chi connectivity index (χ0v) is 11.9. The van der Waals surface area contributed by atoms with Gasteiger partial charge in [-0.25, -0.2) is 0 Å². The number of hydrogen-bond acceptors (Lipinski definition) is 3. The van der Waals surface area contributed by atoms with Crippen LogP contribution in [0.5, 0.6) is 5.75 Å². The van der Waals surface area contributed by atoms with Gasteiger partial charge in [0.25, 0.3) is 0 Å². The SMILES string of the molecule is O=C(O)C1(CCc2cccs2)CCOc2ccccc21. The van der Waals surface area contributed by atoms with Gasteiger partial charge in [-0.3, -0.25) is 4.79 Å². The maximum absolute atomic E-state index is 11.9. The summed E-state index contributed by atoms with van der Waals surface area (Å²) >= 11 is 1.68. The lowest BCUT2D eigenvalue weighted by atomic mass is 9.72. The molecule has 0 saturated heterocycles. The van der Waals surface area contributed by atoms with Crippen LogP contribution in [-0.4, -0.2) is 17.7 Å². The van der Waals surface area contributed by atoms with Crippen LogP contribution in [0.4, 0.5) is 0 Å². The minimum atomic E-state index is -0.821. The predicted octanol–water partition coefficient (Wildman–Crippen LogP) is 3.49. The number of fused-ring (bicyclic) bond motifs is 1. The first-order valence-electron chi connectivity index (χ1n) is 6.70. The number of ether oxygens (including phenoxy) is 1. The highest BCUT2D eigenvalue weighted by molar-refractivity contribution is 7.09. The highest BCUT2D eigenvalue weighted by atomic mass is 32.1. The Balaban J connectivity index is 1.95. The fourth-order valence-corrected chi connectivity index (χ4v) is 3.55. The van der Waals surface area contributed by atoms with Crippen molar-refractivity contribution in [1.82, 2.24) is 0 Å². The summed E-state index contributed by atoms with van der Waals surface area (Å²) in [6.07, 6.45) is 1.94. The number of aryl methyl sites for hydroxylation is 1. The third kappa shape index (κ3) is 2.20. The summed E-state index contributed by atoms with van der Waals surface area (Å²) < 4.78 is 5.61. The second-order valence-corrected chi connectivity index (χ2v) is 6.09. The molecule has 1 aromatic heterocycles. The first-order valence-corrected chi connectivity index (χ1v) is 7.58. The van der Waals surface area contributed by atoms with Gasteiger partial charge in [0.2, 0.25) is 0 Å². The number of benzene rings is 1. The van der Waals surface area contributed by atoms with Crippen LogP contribution >= 0.6 is 11.3 Å². The molecule has 20 heavy (non-hydrogen) atoms.